The van der Waals surface area contributed by atoms with Crippen molar-refractivity contribution in [1.29, 1.82) is 0 Å². The predicted molar refractivity (Wildman–Crippen MR) is 120 cm³/mol. The summed E-state index contributed by atoms with van der Waals surface area (Å²) in [6, 6.07) is 11.8. The molecular weight excluding hydrogens is 394 g/mol. The second kappa shape index (κ2) is 8.23. The molecule has 1 N–H and O–H groups in total. The summed E-state index contributed by atoms with van der Waals surface area (Å²) in [4.78, 5) is 21.0. The quantitative estimate of drug-likeness (QED) is 0.804. The maximum absolute atomic E-state index is 11.5. The summed E-state index contributed by atoms with van der Waals surface area (Å²) in [5.41, 5.74) is 2.03. The number of carbonyl (C=O) groups is 1. The Morgan fingerprint density at radius 2 is 1.87 bits per heavy atom. The topological polar surface area (TPSA) is 74.6 Å². The number of aliphatic carboxylic acids is 1. The molecule has 2 aliphatic rings. The van der Waals surface area contributed by atoms with Gasteiger partial charge in [0, 0.05) is 32.7 Å². The van der Waals surface area contributed by atoms with Crippen molar-refractivity contribution in [2.75, 3.05) is 39.8 Å². The van der Waals surface area contributed by atoms with Crippen LogP contribution < -0.4 is 9.47 Å². The highest BCUT2D eigenvalue weighted by Crippen LogP contribution is 2.40. The number of carboxylic acids is 1. The van der Waals surface area contributed by atoms with Crippen molar-refractivity contribution in [3.63, 3.8) is 0 Å². The number of rotatable bonds is 4. The number of ether oxygens (including phenoxy) is 2. The van der Waals surface area contributed by atoms with Gasteiger partial charge >= 0.3 is 5.97 Å². The van der Waals surface area contributed by atoms with Crippen LogP contribution in [-0.4, -0.2) is 66.5 Å². The molecule has 0 aliphatic carbocycles. The van der Waals surface area contributed by atoms with E-state index in [-0.39, 0.29) is 0 Å². The van der Waals surface area contributed by atoms with Crippen LogP contribution in [0.3, 0.4) is 0 Å². The number of aryl methyl sites for hydroxylation is 1. The molecule has 2 aliphatic heterocycles. The third kappa shape index (κ3) is 4.37. The number of benzene rings is 2. The Kier molecular flexibility index (Phi) is 5.62. The fourth-order valence-corrected chi connectivity index (χ4v) is 3.97. The van der Waals surface area contributed by atoms with Gasteiger partial charge < -0.3 is 19.5 Å². The van der Waals surface area contributed by atoms with Crippen LogP contribution in [0.4, 0.5) is 5.69 Å². The van der Waals surface area contributed by atoms with E-state index >= 15 is 0 Å². The number of piperazine rings is 1. The molecule has 0 radical (unpaired) electrons. The lowest BCUT2D eigenvalue weighted by molar-refractivity contribution is -0.148. The highest BCUT2D eigenvalue weighted by atomic mass is 16.5. The third-order valence-corrected chi connectivity index (χ3v) is 5.86. The van der Waals surface area contributed by atoms with E-state index in [1.807, 2.05) is 43.3 Å². The smallest absolute Gasteiger partial charge is 0.310 e. The van der Waals surface area contributed by atoms with Crippen molar-refractivity contribution in [3.05, 3.63) is 47.5 Å². The summed E-state index contributed by atoms with van der Waals surface area (Å²) in [6.45, 7) is 9.17. The molecule has 0 bridgehead atoms. The highest BCUT2D eigenvalue weighted by Gasteiger charge is 2.32. The summed E-state index contributed by atoms with van der Waals surface area (Å²) in [6.07, 6.45) is 0. The van der Waals surface area contributed by atoms with E-state index in [9.17, 15) is 9.90 Å². The first kappa shape index (κ1) is 21.2. The number of hydrogen-bond donors (Lipinski definition) is 1. The van der Waals surface area contributed by atoms with Gasteiger partial charge in [0.05, 0.1) is 18.1 Å². The van der Waals surface area contributed by atoms with Gasteiger partial charge in [-0.1, -0.05) is 6.07 Å². The minimum atomic E-state index is -0.771. The van der Waals surface area contributed by atoms with Crippen LogP contribution in [-0.2, 0) is 4.79 Å². The molecule has 2 aromatic carbocycles. The number of methoxy groups -OCH3 is 1. The number of carboxylic acid groups (broad SMARTS) is 1. The van der Waals surface area contributed by atoms with Crippen LogP contribution in [0.25, 0.3) is 0 Å². The van der Waals surface area contributed by atoms with E-state index < -0.39 is 11.4 Å². The summed E-state index contributed by atoms with van der Waals surface area (Å²) in [5, 5.41) is 9.45. The van der Waals surface area contributed by atoms with Crippen LogP contribution in [0.15, 0.2) is 41.4 Å². The molecule has 31 heavy (non-hydrogen) atoms. The van der Waals surface area contributed by atoms with Gasteiger partial charge in [-0.25, -0.2) is 4.99 Å². The van der Waals surface area contributed by atoms with Crippen molar-refractivity contribution >= 4 is 17.5 Å². The Hall–Kier alpha value is -3.06. The molecule has 0 unspecified atom stereocenters. The zero-order valence-electron chi connectivity index (χ0n) is 18.5. The monoisotopic (exact) mass is 423 g/mol. The Morgan fingerprint density at radius 3 is 2.55 bits per heavy atom. The Balaban J connectivity index is 1.64. The normalized spacial score (nSPS) is 16.5. The number of fused-ring (bicyclic) bond motifs is 2. The van der Waals surface area contributed by atoms with Crippen LogP contribution in [0.5, 0.6) is 17.2 Å². The van der Waals surface area contributed by atoms with Gasteiger partial charge in [0.25, 0.3) is 0 Å². The molecular formula is C24H29N3O4. The Labute approximate surface area is 182 Å². The van der Waals surface area contributed by atoms with E-state index in [0.29, 0.717) is 6.54 Å². The molecule has 164 valence electrons. The lowest BCUT2D eigenvalue weighted by Gasteiger charge is -2.39. The standard InChI is InChI=1S/C24H29N3O4/c1-16-5-7-19-21(13-16)31-20-8-6-17(30-4)14-18(20)22(25-19)27-11-9-26(10-12-27)15-24(2,3)23(28)29/h5-8,13-14H,9-12,15H2,1-4H3,(H,28,29). The van der Waals surface area contributed by atoms with Crippen molar-refractivity contribution in [2.45, 2.75) is 20.8 Å². The maximum Gasteiger partial charge on any atom is 0.310 e. The van der Waals surface area contributed by atoms with Gasteiger partial charge in [-0.15, -0.1) is 0 Å². The number of hydrogen-bond acceptors (Lipinski definition) is 6. The molecule has 0 aromatic heterocycles. The lowest BCUT2D eigenvalue weighted by Crippen LogP contribution is -2.52. The fourth-order valence-electron chi connectivity index (χ4n) is 3.97. The molecule has 7 heteroatoms. The Bertz CT molecular complexity index is 1020. The second-order valence-electron chi connectivity index (χ2n) is 8.82. The van der Waals surface area contributed by atoms with E-state index in [4.69, 9.17) is 14.5 Å². The molecule has 0 amide bonds. The SMILES string of the molecule is COc1ccc2c(c1)C(N1CCN(CC(C)(C)C(=O)O)CC1)=Nc1ccc(C)cc1O2. The van der Waals surface area contributed by atoms with Gasteiger partial charge in [0.2, 0.25) is 0 Å². The largest absolute Gasteiger partial charge is 0.497 e. The van der Waals surface area contributed by atoms with Gasteiger partial charge in [-0.2, -0.15) is 0 Å². The van der Waals surface area contributed by atoms with Crippen molar-refractivity contribution in [1.82, 2.24) is 9.80 Å². The Morgan fingerprint density at radius 1 is 1.13 bits per heavy atom. The van der Waals surface area contributed by atoms with E-state index in [1.165, 1.54) is 0 Å². The highest BCUT2D eigenvalue weighted by molar-refractivity contribution is 6.04. The lowest BCUT2D eigenvalue weighted by atomic mass is 9.93. The van der Waals surface area contributed by atoms with E-state index in [1.54, 1.807) is 21.0 Å². The minimum absolute atomic E-state index is 0.526. The molecule has 1 saturated heterocycles. The maximum atomic E-state index is 11.5. The number of amidine groups is 1. The van der Waals surface area contributed by atoms with Gasteiger partial charge in [0.1, 0.15) is 23.0 Å². The second-order valence-corrected chi connectivity index (χ2v) is 8.82. The average Bonchev–Trinajstić information content (AvgIpc) is 2.89. The van der Waals surface area contributed by atoms with Crippen molar-refractivity contribution in [3.8, 4) is 17.2 Å². The summed E-state index contributed by atoms with van der Waals surface area (Å²) >= 11 is 0. The van der Waals surface area contributed by atoms with Crippen molar-refractivity contribution in [2.24, 2.45) is 10.4 Å². The fraction of sp³-hybridized carbons (Fsp3) is 0.417. The van der Waals surface area contributed by atoms with Gasteiger partial charge in [0.15, 0.2) is 5.75 Å². The van der Waals surface area contributed by atoms with E-state index in [2.05, 4.69) is 9.80 Å². The molecule has 0 spiro atoms. The summed E-state index contributed by atoms with van der Waals surface area (Å²) in [7, 11) is 1.65. The first-order valence-electron chi connectivity index (χ1n) is 10.5. The number of aliphatic imine (C=N–C) groups is 1. The third-order valence-electron chi connectivity index (χ3n) is 5.86. The molecule has 0 saturated carbocycles. The summed E-state index contributed by atoms with van der Waals surface area (Å²) < 4.78 is 11.7. The average molecular weight is 424 g/mol. The van der Waals surface area contributed by atoms with Gasteiger partial charge in [-0.3, -0.25) is 9.69 Å². The predicted octanol–water partition coefficient (Wildman–Crippen LogP) is 3.92. The first-order chi connectivity index (χ1) is 14.8. The summed E-state index contributed by atoms with van der Waals surface area (Å²) in [5.74, 6) is 2.32. The molecule has 2 aromatic rings. The van der Waals surface area contributed by atoms with Crippen molar-refractivity contribution < 1.29 is 19.4 Å². The van der Waals surface area contributed by atoms with Gasteiger partial charge in [-0.05, 0) is 56.7 Å². The number of nitrogens with zero attached hydrogens (tertiary/aromatic N) is 3. The molecule has 4 rings (SSSR count). The van der Waals surface area contributed by atoms with E-state index in [0.717, 1.165) is 66.1 Å². The van der Waals surface area contributed by atoms with Crippen LogP contribution in [0, 0.1) is 12.3 Å². The van der Waals surface area contributed by atoms with Crippen LogP contribution >= 0.6 is 0 Å². The zero-order chi connectivity index (χ0) is 22.2. The van der Waals surface area contributed by atoms with Crippen LogP contribution in [0.1, 0.15) is 25.0 Å². The molecule has 7 nitrogen and oxygen atoms in total. The molecule has 2 heterocycles. The zero-order valence-corrected chi connectivity index (χ0v) is 18.5. The molecule has 1 fully saturated rings. The minimum Gasteiger partial charge on any atom is -0.497 e. The molecule has 0 atom stereocenters. The first-order valence-corrected chi connectivity index (χ1v) is 10.5. The van der Waals surface area contributed by atoms with Crippen LogP contribution in [0.2, 0.25) is 0 Å².